The van der Waals surface area contributed by atoms with Crippen LogP contribution in [-0.4, -0.2) is 20.3 Å². The van der Waals surface area contributed by atoms with Gasteiger partial charge in [0.25, 0.3) is 0 Å². The van der Waals surface area contributed by atoms with E-state index in [1.165, 1.54) is 0 Å². The van der Waals surface area contributed by atoms with Crippen LogP contribution in [0.4, 0.5) is 0 Å². The van der Waals surface area contributed by atoms with E-state index in [4.69, 9.17) is 5.73 Å². The van der Waals surface area contributed by atoms with Gasteiger partial charge in [0.05, 0.1) is 0 Å². The van der Waals surface area contributed by atoms with Gasteiger partial charge < -0.3 is 5.73 Å². The molecule has 0 unspecified atom stereocenters. The average molecular weight is 244 g/mol. The molecule has 0 bridgehead atoms. The number of benzene rings is 1. The molecule has 0 aliphatic carbocycles. The third-order valence-corrected chi connectivity index (χ3v) is 2.90. The van der Waals surface area contributed by atoms with Gasteiger partial charge in [-0.25, -0.2) is 0 Å². The molecule has 2 rings (SSSR count). The van der Waals surface area contributed by atoms with Crippen LogP contribution in [-0.2, 0) is 6.42 Å². The van der Waals surface area contributed by atoms with Gasteiger partial charge >= 0.3 is 0 Å². The molecule has 0 radical (unpaired) electrons. The summed E-state index contributed by atoms with van der Waals surface area (Å²) in [5.74, 6) is 1.88. The van der Waals surface area contributed by atoms with Crippen LogP contribution in [0.1, 0.15) is 31.9 Å². The van der Waals surface area contributed by atoms with Crippen molar-refractivity contribution in [1.82, 2.24) is 14.8 Å². The second-order valence-electron chi connectivity index (χ2n) is 5.32. The molecule has 0 saturated heterocycles. The van der Waals surface area contributed by atoms with Gasteiger partial charge in [0.15, 0.2) is 0 Å². The lowest BCUT2D eigenvalue weighted by molar-refractivity contribution is 0.469. The molecule has 1 heterocycles. The Hall–Kier alpha value is -1.68. The molecule has 2 N–H and O–H groups in total. The normalized spacial score (nSPS) is 11.8. The first kappa shape index (κ1) is 12.8. The van der Waals surface area contributed by atoms with Crippen molar-refractivity contribution in [3.05, 3.63) is 42.0 Å². The van der Waals surface area contributed by atoms with Gasteiger partial charge in [-0.3, -0.25) is 4.57 Å². The summed E-state index contributed by atoms with van der Waals surface area (Å²) in [7, 11) is 0. The number of para-hydroxylation sites is 1. The first-order valence-corrected chi connectivity index (χ1v) is 6.22. The Kier molecular flexibility index (Phi) is 3.48. The zero-order valence-electron chi connectivity index (χ0n) is 11.2. The summed E-state index contributed by atoms with van der Waals surface area (Å²) < 4.78 is 2.09. The Morgan fingerprint density at radius 1 is 1.17 bits per heavy atom. The molecule has 1 aromatic carbocycles. The predicted octanol–water partition coefficient (Wildman–Crippen LogP) is 2.25. The van der Waals surface area contributed by atoms with Crippen LogP contribution in [0.25, 0.3) is 5.69 Å². The molecule has 96 valence electrons. The Balaban J connectivity index is 2.28. The number of hydrogen-bond donors (Lipinski definition) is 1. The topological polar surface area (TPSA) is 56.7 Å². The van der Waals surface area contributed by atoms with Gasteiger partial charge in [0.2, 0.25) is 0 Å². The molecule has 0 saturated carbocycles. The van der Waals surface area contributed by atoms with Gasteiger partial charge in [0.1, 0.15) is 11.6 Å². The summed E-state index contributed by atoms with van der Waals surface area (Å²) in [6.45, 7) is 6.03. The minimum absolute atomic E-state index is 0.179. The highest BCUT2D eigenvalue weighted by atomic mass is 15.3. The van der Waals surface area contributed by atoms with Crippen molar-refractivity contribution in [2.45, 2.75) is 39.2 Å². The third kappa shape index (κ3) is 2.96. The second-order valence-corrected chi connectivity index (χ2v) is 5.32. The number of aryl methyl sites for hydroxylation is 2. The summed E-state index contributed by atoms with van der Waals surface area (Å²) in [4.78, 5) is 0. The maximum Gasteiger partial charge on any atom is 0.137 e. The van der Waals surface area contributed by atoms with Gasteiger partial charge in [-0.1, -0.05) is 18.2 Å². The molecule has 0 spiro atoms. The molecule has 4 nitrogen and oxygen atoms in total. The van der Waals surface area contributed by atoms with E-state index in [1.54, 1.807) is 0 Å². The zero-order chi connectivity index (χ0) is 13.2. The molecule has 0 aliphatic rings. The smallest absolute Gasteiger partial charge is 0.137 e. The lowest BCUT2D eigenvalue weighted by Gasteiger charge is -2.18. The molecule has 2 aromatic rings. The van der Waals surface area contributed by atoms with Crippen molar-refractivity contribution in [3.63, 3.8) is 0 Å². The van der Waals surface area contributed by atoms with Gasteiger partial charge in [-0.05, 0) is 39.3 Å². The number of nitrogens with two attached hydrogens (primary N) is 1. The minimum Gasteiger partial charge on any atom is -0.326 e. The maximum absolute atomic E-state index is 6.02. The van der Waals surface area contributed by atoms with Crippen LogP contribution in [0.3, 0.4) is 0 Å². The van der Waals surface area contributed by atoms with E-state index in [2.05, 4.69) is 26.9 Å². The second kappa shape index (κ2) is 4.90. The van der Waals surface area contributed by atoms with Crippen LogP contribution < -0.4 is 5.73 Å². The fourth-order valence-corrected chi connectivity index (χ4v) is 1.91. The monoisotopic (exact) mass is 244 g/mol. The molecule has 0 fully saturated rings. The molecule has 1 aromatic heterocycles. The van der Waals surface area contributed by atoms with Crippen LogP contribution in [0.15, 0.2) is 30.3 Å². The quantitative estimate of drug-likeness (QED) is 0.897. The summed E-state index contributed by atoms with van der Waals surface area (Å²) in [6.07, 6.45) is 1.72. The fraction of sp³-hybridized carbons (Fsp3) is 0.429. The summed E-state index contributed by atoms with van der Waals surface area (Å²) in [6, 6.07) is 10.2. The van der Waals surface area contributed by atoms with E-state index in [-0.39, 0.29) is 5.54 Å². The molecular formula is C14H20N4. The first-order valence-electron chi connectivity index (χ1n) is 6.22. The van der Waals surface area contributed by atoms with E-state index in [9.17, 15) is 0 Å². The largest absolute Gasteiger partial charge is 0.326 e. The SMILES string of the molecule is Cc1nnc(CCC(C)(C)N)n1-c1ccccc1. The number of rotatable bonds is 4. The lowest BCUT2D eigenvalue weighted by atomic mass is 10.00. The van der Waals surface area contributed by atoms with Crippen molar-refractivity contribution in [3.8, 4) is 5.69 Å². The Labute approximate surface area is 108 Å². The third-order valence-electron chi connectivity index (χ3n) is 2.90. The van der Waals surface area contributed by atoms with Crippen molar-refractivity contribution in [2.75, 3.05) is 0 Å². The summed E-state index contributed by atoms with van der Waals surface area (Å²) in [5, 5.41) is 8.42. The highest BCUT2D eigenvalue weighted by molar-refractivity contribution is 5.33. The van der Waals surface area contributed by atoms with Crippen LogP contribution in [0, 0.1) is 6.92 Å². The van der Waals surface area contributed by atoms with Crippen LogP contribution in [0.5, 0.6) is 0 Å². The molecule has 0 aliphatic heterocycles. The molecule has 18 heavy (non-hydrogen) atoms. The Morgan fingerprint density at radius 3 is 2.44 bits per heavy atom. The van der Waals surface area contributed by atoms with Gasteiger partial charge in [0, 0.05) is 17.6 Å². The molecular weight excluding hydrogens is 224 g/mol. The van der Waals surface area contributed by atoms with Crippen molar-refractivity contribution >= 4 is 0 Å². The van der Waals surface area contributed by atoms with Crippen molar-refractivity contribution in [1.29, 1.82) is 0 Å². The van der Waals surface area contributed by atoms with Crippen LogP contribution >= 0.6 is 0 Å². The number of nitrogens with zero attached hydrogens (tertiary/aromatic N) is 3. The highest BCUT2D eigenvalue weighted by Gasteiger charge is 2.15. The van der Waals surface area contributed by atoms with Crippen LogP contribution in [0.2, 0.25) is 0 Å². The average Bonchev–Trinajstić information content (AvgIpc) is 2.68. The van der Waals surface area contributed by atoms with E-state index in [0.717, 1.165) is 30.2 Å². The fourth-order valence-electron chi connectivity index (χ4n) is 1.91. The maximum atomic E-state index is 6.02. The highest BCUT2D eigenvalue weighted by Crippen LogP contribution is 2.16. The molecule has 0 amide bonds. The van der Waals surface area contributed by atoms with Crippen molar-refractivity contribution < 1.29 is 0 Å². The number of aromatic nitrogens is 3. The van der Waals surface area contributed by atoms with Gasteiger partial charge in [-0.2, -0.15) is 0 Å². The predicted molar refractivity (Wildman–Crippen MR) is 72.7 cm³/mol. The van der Waals surface area contributed by atoms with Crippen molar-refractivity contribution in [2.24, 2.45) is 5.73 Å². The summed E-state index contributed by atoms with van der Waals surface area (Å²) >= 11 is 0. The molecule has 4 heteroatoms. The van der Waals surface area contributed by atoms with E-state index < -0.39 is 0 Å². The standard InChI is InChI=1S/C14H20N4/c1-11-16-17-13(9-10-14(2,3)15)18(11)12-7-5-4-6-8-12/h4-8H,9-10,15H2,1-3H3. The van der Waals surface area contributed by atoms with E-state index in [1.807, 2.05) is 39.0 Å². The van der Waals surface area contributed by atoms with E-state index >= 15 is 0 Å². The number of hydrogen-bond acceptors (Lipinski definition) is 3. The Bertz CT molecular complexity index is 508. The Morgan fingerprint density at radius 2 is 1.83 bits per heavy atom. The lowest BCUT2D eigenvalue weighted by Crippen LogP contribution is -2.32. The van der Waals surface area contributed by atoms with E-state index in [0.29, 0.717) is 0 Å². The first-order chi connectivity index (χ1) is 8.47. The molecule has 0 atom stereocenters. The zero-order valence-corrected chi connectivity index (χ0v) is 11.2. The minimum atomic E-state index is -0.179. The van der Waals surface area contributed by atoms with Gasteiger partial charge in [-0.15, -0.1) is 10.2 Å². The summed E-state index contributed by atoms with van der Waals surface area (Å²) in [5.41, 5.74) is 6.94.